The fourth-order valence-electron chi connectivity index (χ4n) is 2.60. The monoisotopic (exact) mass is 288 g/mol. The van der Waals surface area contributed by atoms with E-state index in [2.05, 4.69) is 10.6 Å². The van der Waals surface area contributed by atoms with Gasteiger partial charge in [0.1, 0.15) is 11.6 Å². The number of carbonyl (C=O) groups excluding carboxylic acids is 1. The van der Waals surface area contributed by atoms with Crippen LogP contribution in [0.15, 0.2) is 42.5 Å². The number of rotatable bonds is 3. The first-order valence-corrected chi connectivity index (χ1v) is 6.70. The second-order valence-corrected chi connectivity index (χ2v) is 5.08. The maximum Gasteiger partial charge on any atom is 0.225 e. The Hall–Kier alpha value is -2.43. The van der Waals surface area contributed by atoms with Crippen LogP contribution >= 0.6 is 0 Å². The molecule has 0 saturated heterocycles. The summed E-state index contributed by atoms with van der Waals surface area (Å²) in [5.41, 5.74) is 2.27. The first kappa shape index (κ1) is 13.5. The summed E-state index contributed by atoms with van der Waals surface area (Å²) >= 11 is 0. The smallest absolute Gasteiger partial charge is 0.225 e. The summed E-state index contributed by atoms with van der Waals surface area (Å²) in [6.07, 6.45) is 0.266. The molecule has 0 aromatic heterocycles. The first-order chi connectivity index (χ1) is 10.1. The number of carbonyl (C=O) groups is 1. The molecule has 1 unspecified atom stereocenters. The van der Waals surface area contributed by atoms with Gasteiger partial charge in [-0.15, -0.1) is 0 Å². The molecule has 1 heterocycles. The van der Waals surface area contributed by atoms with Gasteiger partial charge in [-0.1, -0.05) is 18.2 Å². The van der Waals surface area contributed by atoms with E-state index in [4.69, 9.17) is 0 Å². The molecule has 0 saturated carbocycles. The van der Waals surface area contributed by atoms with Crippen LogP contribution in [0.2, 0.25) is 0 Å². The van der Waals surface area contributed by atoms with Gasteiger partial charge >= 0.3 is 0 Å². The summed E-state index contributed by atoms with van der Waals surface area (Å²) in [5, 5.41) is 5.77. The molecule has 2 aromatic carbocycles. The third-order valence-electron chi connectivity index (χ3n) is 3.52. The Morgan fingerprint density at radius 2 is 1.90 bits per heavy atom. The number of para-hydroxylation sites is 1. The second kappa shape index (κ2) is 5.52. The van der Waals surface area contributed by atoms with Crippen LogP contribution in [0.3, 0.4) is 0 Å². The van der Waals surface area contributed by atoms with Crippen LogP contribution in [0.25, 0.3) is 0 Å². The third-order valence-corrected chi connectivity index (χ3v) is 3.52. The van der Waals surface area contributed by atoms with E-state index in [9.17, 15) is 13.6 Å². The van der Waals surface area contributed by atoms with Crippen LogP contribution in [-0.4, -0.2) is 12.5 Å². The molecule has 1 atom stereocenters. The van der Waals surface area contributed by atoms with Gasteiger partial charge in [-0.05, 0) is 23.8 Å². The largest absolute Gasteiger partial charge is 0.384 e. The van der Waals surface area contributed by atoms with Crippen LogP contribution in [0.4, 0.5) is 20.2 Å². The van der Waals surface area contributed by atoms with Crippen molar-refractivity contribution in [2.75, 3.05) is 17.2 Å². The Kier molecular flexibility index (Phi) is 3.56. The lowest BCUT2D eigenvalue weighted by molar-refractivity contribution is -0.116. The van der Waals surface area contributed by atoms with Crippen molar-refractivity contribution in [3.63, 3.8) is 0 Å². The summed E-state index contributed by atoms with van der Waals surface area (Å²) in [5.74, 6) is -1.61. The highest BCUT2D eigenvalue weighted by Crippen LogP contribution is 2.33. The molecule has 1 aliphatic heterocycles. The average Bonchev–Trinajstić information content (AvgIpc) is 2.81. The molecule has 2 N–H and O–H groups in total. The summed E-state index contributed by atoms with van der Waals surface area (Å²) in [6, 6.07) is 10.8. The molecule has 2 aromatic rings. The Morgan fingerprint density at radius 1 is 1.19 bits per heavy atom. The lowest BCUT2D eigenvalue weighted by Crippen LogP contribution is -2.16. The molecular formula is C16H14F2N2O. The minimum atomic E-state index is -0.710. The molecule has 0 radical (unpaired) electrons. The van der Waals surface area contributed by atoms with E-state index < -0.39 is 11.6 Å². The minimum absolute atomic E-state index is 0.0691. The molecule has 0 spiro atoms. The number of fused-ring (bicyclic) bond motifs is 1. The van der Waals surface area contributed by atoms with E-state index >= 15 is 0 Å². The molecular weight excluding hydrogens is 274 g/mol. The van der Waals surface area contributed by atoms with Gasteiger partial charge in [-0.3, -0.25) is 4.79 Å². The highest BCUT2D eigenvalue weighted by Gasteiger charge is 2.24. The number of nitrogens with one attached hydrogen (secondary N) is 2. The van der Waals surface area contributed by atoms with E-state index in [1.54, 1.807) is 0 Å². The maximum absolute atomic E-state index is 13.1. The minimum Gasteiger partial charge on any atom is -0.384 e. The molecule has 3 nitrogen and oxygen atoms in total. The predicted molar refractivity (Wildman–Crippen MR) is 77.3 cm³/mol. The molecule has 0 fully saturated rings. The van der Waals surface area contributed by atoms with Crippen molar-refractivity contribution >= 4 is 17.3 Å². The standard InChI is InChI=1S/C16H14F2N2O/c17-11-6-12(18)8-13(7-11)20-16(21)5-10-9-19-15-4-2-1-3-14(10)15/h1-4,6-8,10,19H,5,9H2,(H,20,21). The maximum atomic E-state index is 13.1. The summed E-state index contributed by atoms with van der Waals surface area (Å²) in [4.78, 5) is 12.0. The van der Waals surface area contributed by atoms with Gasteiger partial charge in [0.2, 0.25) is 5.91 Å². The number of benzene rings is 2. The fourth-order valence-corrected chi connectivity index (χ4v) is 2.60. The quantitative estimate of drug-likeness (QED) is 0.907. The molecule has 108 valence electrons. The zero-order chi connectivity index (χ0) is 14.8. The third kappa shape index (κ3) is 3.02. The van der Waals surface area contributed by atoms with Crippen LogP contribution in [-0.2, 0) is 4.79 Å². The number of hydrogen-bond donors (Lipinski definition) is 2. The van der Waals surface area contributed by atoms with Crippen molar-refractivity contribution in [3.05, 3.63) is 59.7 Å². The zero-order valence-electron chi connectivity index (χ0n) is 11.2. The molecule has 3 rings (SSSR count). The summed E-state index contributed by atoms with van der Waals surface area (Å²) < 4.78 is 26.2. The first-order valence-electron chi connectivity index (χ1n) is 6.70. The number of halogens is 2. The van der Waals surface area contributed by atoms with E-state index in [0.29, 0.717) is 6.54 Å². The number of amides is 1. The van der Waals surface area contributed by atoms with Crippen LogP contribution in [0.5, 0.6) is 0 Å². The Bertz CT molecular complexity index is 667. The van der Waals surface area contributed by atoms with Crippen molar-refractivity contribution in [2.24, 2.45) is 0 Å². The van der Waals surface area contributed by atoms with E-state index in [1.165, 1.54) is 0 Å². The summed E-state index contributed by atoms with van der Waals surface area (Å²) in [7, 11) is 0. The van der Waals surface area contributed by atoms with Gasteiger partial charge in [0.15, 0.2) is 0 Å². The highest BCUT2D eigenvalue weighted by atomic mass is 19.1. The SMILES string of the molecule is O=C(CC1CNc2ccccc21)Nc1cc(F)cc(F)c1. The fraction of sp³-hybridized carbons (Fsp3) is 0.188. The Labute approximate surface area is 121 Å². The number of anilines is 2. The van der Waals surface area contributed by atoms with Crippen LogP contribution in [0, 0.1) is 11.6 Å². The molecule has 1 amide bonds. The second-order valence-electron chi connectivity index (χ2n) is 5.08. The topological polar surface area (TPSA) is 41.1 Å². The zero-order valence-corrected chi connectivity index (χ0v) is 11.2. The Balaban J connectivity index is 1.68. The van der Waals surface area contributed by atoms with Crippen molar-refractivity contribution in [1.29, 1.82) is 0 Å². The van der Waals surface area contributed by atoms with Crippen molar-refractivity contribution in [2.45, 2.75) is 12.3 Å². The van der Waals surface area contributed by atoms with E-state index in [-0.39, 0.29) is 23.9 Å². The average molecular weight is 288 g/mol. The number of hydrogen-bond acceptors (Lipinski definition) is 2. The normalized spacial score (nSPS) is 16.2. The van der Waals surface area contributed by atoms with Crippen molar-refractivity contribution < 1.29 is 13.6 Å². The predicted octanol–water partition coefficient (Wildman–Crippen LogP) is 3.50. The van der Waals surface area contributed by atoms with Gasteiger partial charge in [0, 0.05) is 36.3 Å². The van der Waals surface area contributed by atoms with Gasteiger partial charge in [0.25, 0.3) is 0 Å². The van der Waals surface area contributed by atoms with Crippen molar-refractivity contribution in [3.8, 4) is 0 Å². The molecule has 0 aliphatic carbocycles. The van der Waals surface area contributed by atoms with Gasteiger partial charge in [-0.25, -0.2) is 8.78 Å². The molecule has 21 heavy (non-hydrogen) atoms. The van der Waals surface area contributed by atoms with E-state index in [1.807, 2.05) is 24.3 Å². The lowest BCUT2D eigenvalue weighted by atomic mass is 9.97. The van der Waals surface area contributed by atoms with Gasteiger partial charge in [0.05, 0.1) is 0 Å². The Morgan fingerprint density at radius 3 is 2.67 bits per heavy atom. The summed E-state index contributed by atoms with van der Waals surface area (Å²) in [6.45, 7) is 0.685. The highest BCUT2D eigenvalue weighted by molar-refractivity contribution is 5.91. The van der Waals surface area contributed by atoms with Crippen LogP contribution < -0.4 is 10.6 Å². The lowest BCUT2D eigenvalue weighted by Gasteiger charge is -2.11. The molecule has 1 aliphatic rings. The molecule has 5 heteroatoms. The van der Waals surface area contributed by atoms with Gasteiger partial charge < -0.3 is 10.6 Å². The van der Waals surface area contributed by atoms with Gasteiger partial charge in [-0.2, -0.15) is 0 Å². The van der Waals surface area contributed by atoms with Crippen molar-refractivity contribution in [1.82, 2.24) is 0 Å². The van der Waals surface area contributed by atoms with E-state index in [0.717, 1.165) is 29.4 Å². The molecule has 0 bridgehead atoms. The van der Waals surface area contributed by atoms with Crippen LogP contribution in [0.1, 0.15) is 17.9 Å².